The summed E-state index contributed by atoms with van der Waals surface area (Å²) < 4.78 is 0. The third kappa shape index (κ3) is 6.69. The van der Waals surface area contributed by atoms with Crippen molar-refractivity contribution in [1.82, 2.24) is 10.6 Å². The summed E-state index contributed by atoms with van der Waals surface area (Å²) in [7, 11) is 0. The van der Waals surface area contributed by atoms with Crippen LogP contribution in [0.5, 0.6) is 0 Å². The minimum atomic E-state index is 0.741. The van der Waals surface area contributed by atoms with E-state index in [1.54, 1.807) is 0 Å². The summed E-state index contributed by atoms with van der Waals surface area (Å²) in [6.45, 7) is 7.06. The fourth-order valence-corrected chi connectivity index (χ4v) is 4.17. The molecule has 2 rings (SSSR count). The van der Waals surface area contributed by atoms with E-state index in [1.807, 2.05) is 0 Å². The summed E-state index contributed by atoms with van der Waals surface area (Å²) in [6.07, 6.45) is 15.7. The van der Waals surface area contributed by atoms with Gasteiger partial charge in [0, 0.05) is 18.6 Å². The third-order valence-corrected chi connectivity index (χ3v) is 5.52. The standard InChI is InChI=1S/C19H38N2/c1-16(2)9-5-3-4-8-14-20-15-18-13-12-17-10-6-7-11-19(17)21-18/h16-21H,3-15H2,1-2H3. The van der Waals surface area contributed by atoms with Crippen molar-refractivity contribution in [3.8, 4) is 0 Å². The van der Waals surface area contributed by atoms with Gasteiger partial charge in [0.15, 0.2) is 0 Å². The van der Waals surface area contributed by atoms with Crippen molar-refractivity contribution in [3.05, 3.63) is 0 Å². The highest BCUT2D eigenvalue weighted by molar-refractivity contribution is 4.89. The number of nitrogens with one attached hydrogen (secondary N) is 2. The summed E-state index contributed by atoms with van der Waals surface area (Å²) in [5, 5.41) is 7.60. The summed E-state index contributed by atoms with van der Waals surface area (Å²) in [5.74, 6) is 1.88. The van der Waals surface area contributed by atoms with Gasteiger partial charge in [-0.1, -0.05) is 52.4 Å². The van der Waals surface area contributed by atoms with Crippen molar-refractivity contribution >= 4 is 0 Å². The minimum Gasteiger partial charge on any atom is -0.315 e. The van der Waals surface area contributed by atoms with Crippen LogP contribution in [0.15, 0.2) is 0 Å². The van der Waals surface area contributed by atoms with E-state index in [9.17, 15) is 0 Å². The van der Waals surface area contributed by atoms with Crippen LogP contribution in [-0.2, 0) is 0 Å². The second-order valence-electron chi connectivity index (χ2n) is 7.89. The number of hydrogen-bond acceptors (Lipinski definition) is 2. The average Bonchev–Trinajstić information content (AvgIpc) is 2.49. The lowest BCUT2D eigenvalue weighted by atomic mass is 9.78. The van der Waals surface area contributed by atoms with Crippen molar-refractivity contribution in [2.45, 2.75) is 96.6 Å². The van der Waals surface area contributed by atoms with Crippen LogP contribution in [0, 0.1) is 11.8 Å². The average molecular weight is 295 g/mol. The van der Waals surface area contributed by atoms with Gasteiger partial charge in [-0.15, -0.1) is 0 Å². The molecule has 124 valence electrons. The first-order valence-electron chi connectivity index (χ1n) is 9.72. The Morgan fingerprint density at radius 3 is 2.62 bits per heavy atom. The highest BCUT2D eigenvalue weighted by Gasteiger charge is 2.31. The highest BCUT2D eigenvalue weighted by Crippen LogP contribution is 2.31. The Morgan fingerprint density at radius 1 is 0.952 bits per heavy atom. The van der Waals surface area contributed by atoms with E-state index in [0.717, 1.165) is 23.9 Å². The normalized spacial score (nSPS) is 29.6. The molecule has 0 radical (unpaired) electrons. The van der Waals surface area contributed by atoms with Crippen molar-refractivity contribution in [2.75, 3.05) is 13.1 Å². The monoisotopic (exact) mass is 294 g/mol. The highest BCUT2D eigenvalue weighted by atomic mass is 15.0. The quantitative estimate of drug-likeness (QED) is 0.612. The SMILES string of the molecule is CC(C)CCCCCCNCC1CCC2CCCCC2N1. The molecule has 0 aromatic carbocycles. The van der Waals surface area contributed by atoms with Crippen LogP contribution in [-0.4, -0.2) is 25.2 Å². The Hall–Kier alpha value is -0.0800. The molecule has 3 unspecified atom stereocenters. The van der Waals surface area contributed by atoms with E-state index in [0.29, 0.717) is 0 Å². The molecule has 2 N–H and O–H groups in total. The van der Waals surface area contributed by atoms with Gasteiger partial charge in [-0.2, -0.15) is 0 Å². The molecule has 1 saturated carbocycles. The number of fused-ring (bicyclic) bond motifs is 1. The first kappa shape index (κ1) is 17.3. The van der Waals surface area contributed by atoms with E-state index in [2.05, 4.69) is 24.5 Å². The van der Waals surface area contributed by atoms with Crippen molar-refractivity contribution in [3.63, 3.8) is 0 Å². The van der Waals surface area contributed by atoms with Crippen molar-refractivity contribution in [2.24, 2.45) is 11.8 Å². The smallest absolute Gasteiger partial charge is 0.0195 e. The molecular formula is C19H38N2. The zero-order chi connectivity index (χ0) is 14.9. The van der Waals surface area contributed by atoms with E-state index >= 15 is 0 Å². The molecule has 0 aromatic heterocycles. The molecule has 2 nitrogen and oxygen atoms in total. The van der Waals surface area contributed by atoms with Crippen LogP contribution in [0.25, 0.3) is 0 Å². The van der Waals surface area contributed by atoms with E-state index in [-0.39, 0.29) is 0 Å². The number of rotatable bonds is 9. The zero-order valence-electron chi connectivity index (χ0n) is 14.5. The van der Waals surface area contributed by atoms with Crippen LogP contribution < -0.4 is 10.6 Å². The molecule has 3 atom stereocenters. The van der Waals surface area contributed by atoms with Gasteiger partial charge in [0.2, 0.25) is 0 Å². The molecule has 0 bridgehead atoms. The van der Waals surface area contributed by atoms with Crippen LogP contribution in [0.1, 0.15) is 84.5 Å². The zero-order valence-corrected chi connectivity index (χ0v) is 14.5. The fraction of sp³-hybridized carbons (Fsp3) is 1.00. The van der Waals surface area contributed by atoms with Crippen molar-refractivity contribution < 1.29 is 0 Å². The van der Waals surface area contributed by atoms with E-state index in [4.69, 9.17) is 0 Å². The van der Waals surface area contributed by atoms with Crippen LogP contribution in [0.2, 0.25) is 0 Å². The molecular weight excluding hydrogens is 256 g/mol. The molecule has 1 aliphatic carbocycles. The van der Waals surface area contributed by atoms with Gasteiger partial charge >= 0.3 is 0 Å². The molecule has 0 aromatic rings. The van der Waals surface area contributed by atoms with Gasteiger partial charge in [-0.05, 0) is 50.5 Å². The molecule has 1 heterocycles. The lowest BCUT2D eigenvalue weighted by Gasteiger charge is -2.40. The number of hydrogen-bond donors (Lipinski definition) is 2. The number of piperidine rings is 1. The van der Waals surface area contributed by atoms with Crippen molar-refractivity contribution in [1.29, 1.82) is 0 Å². The first-order valence-corrected chi connectivity index (χ1v) is 9.72. The largest absolute Gasteiger partial charge is 0.315 e. The Morgan fingerprint density at radius 2 is 1.76 bits per heavy atom. The predicted octanol–water partition coefficient (Wildman–Crippen LogP) is 4.49. The summed E-state index contributed by atoms with van der Waals surface area (Å²) in [4.78, 5) is 0. The van der Waals surface area contributed by atoms with E-state index < -0.39 is 0 Å². The van der Waals surface area contributed by atoms with Gasteiger partial charge in [0.25, 0.3) is 0 Å². The maximum Gasteiger partial charge on any atom is 0.0195 e. The van der Waals surface area contributed by atoms with E-state index in [1.165, 1.54) is 83.7 Å². The molecule has 2 heteroatoms. The Balaban J connectivity index is 1.44. The Kier molecular flexibility index (Phi) is 8.10. The summed E-state index contributed by atoms with van der Waals surface area (Å²) in [6, 6.07) is 1.58. The topological polar surface area (TPSA) is 24.1 Å². The van der Waals surface area contributed by atoms with Gasteiger partial charge in [0.05, 0.1) is 0 Å². The molecule has 0 amide bonds. The van der Waals surface area contributed by atoms with Crippen LogP contribution >= 0.6 is 0 Å². The van der Waals surface area contributed by atoms with Crippen LogP contribution in [0.4, 0.5) is 0 Å². The molecule has 2 fully saturated rings. The van der Waals surface area contributed by atoms with Gasteiger partial charge in [-0.25, -0.2) is 0 Å². The van der Waals surface area contributed by atoms with Gasteiger partial charge in [0.1, 0.15) is 0 Å². The second kappa shape index (κ2) is 9.84. The molecule has 21 heavy (non-hydrogen) atoms. The second-order valence-corrected chi connectivity index (χ2v) is 7.89. The predicted molar refractivity (Wildman–Crippen MR) is 92.7 cm³/mol. The lowest BCUT2D eigenvalue weighted by Crippen LogP contribution is -2.52. The first-order chi connectivity index (χ1) is 10.3. The lowest BCUT2D eigenvalue weighted by molar-refractivity contribution is 0.174. The maximum atomic E-state index is 3.92. The fourth-order valence-electron chi connectivity index (χ4n) is 4.17. The molecule has 0 spiro atoms. The number of unbranched alkanes of at least 4 members (excludes halogenated alkanes) is 3. The molecule has 2 aliphatic rings. The Bertz CT molecular complexity index is 264. The molecule has 1 saturated heterocycles. The van der Waals surface area contributed by atoms with Crippen LogP contribution in [0.3, 0.4) is 0 Å². The van der Waals surface area contributed by atoms with Gasteiger partial charge < -0.3 is 10.6 Å². The summed E-state index contributed by atoms with van der Waals surface area (Å²) in [5.41, 5.74) is 0. The third-order valence-electron chi connectivity index (χ3n) is 5.52. The Labute approximate surface area is 132 Å². The summed E-state index contributed by atoms with van der Waals surface area (Å²) >= 11 is 0. The minimum absolute atomic E-state index is 0.741. The van der Waals surface area contributed by atoms with Gasteiger partial charge in [-0.3, -0.25) is 0 Å². The molecule has 1 aliphatic heterocycles. The maximum absolute atomic E-state index is 3.92.